The number of hydrogen-bond acceptors (Lipinski definition) is 4. The Hall–Kier alpha value is -2.42. The zero-order chi connectivity index (χ0) is 18.1. The molecule has 0 saturated heterocycles. The lowest BCUT2D eigenvalue weighted by Gasteiger charge is -2.15. The van der Waals surface area contributed by atoms with Gasteiger partial charge < -0.3 is 10.5 Å². The molecule has 128 valence electrons. The summed E-state index contributed by atoms with van der Waals surface area (Å²) in [5, 5.41) is 9.06. The largest absolute Gasteiger partial charge is 0.495 e. The fourth-order valence-electron chi connectivity index (χ4n) is 2.81. The van der Waals surface area contributed by atoms with E-state index >= 15 is 0 Å². The van der Waals surface area contributed by atoms with E-state index in [1.54, 1.807) is 0 Å². The molecule has 1 saturated carbocycles. The van der Waals surface area contributed by atoms with Crippen LogP contribution in [0.5, 0.6) is 5.75 Å². The van der Waals surface area contributed by atoms with Gasteiger partial charge in [-0.2, -0.15) is 5.26 Å². The number of nitriles is 1. The summed E-state index contributed by atoms with van der Waals surface area (Å²) in [6.45, 7) is 0. The van der Waals surface area contributed by atoms with Crippen LogP contribution in [-0.2, 0) is 0 Å². The monoisotopic (exact) mass is 358 g/mol. The third-order valence-electron chi connectivity index (χ3n) is 4.42. The SMILES string of the molecule is COc1cc(C(=O)c2c(Cl)ccc([C@H](N)C3CC3)c2F)ccc1C#N. The predicted molar refractivity (Wildman–Crippen MR) is 92.2 cm³/mol. The number of carbonyl (C=O) groups is 1. The minimum absolute atomic E-state index is 0.0255. The molecular formula is C19H16ClFN2O2. The van der Waals surface area contributed by atoms with E-state index in [0.29, 0.717) is 5.56 Å². The third kappa shape index (κ3) is 3.23. The summed E-state index contributed by atoms with van der Waals surface area (Å²) in [6, 6.07) is 8.87. The number of ketones is 1. The first-order valence-corrected chi connectivity index (χ1v) is 8.22. The van der Waals surface area contributed by atoms with Crippen molar-refractivity contribution >= 4 is 17.4 Å². The van der Waals surface area contributed by atoms with Gasteiger partial charge in [-0.25, -0.2) is 4.39 Å². The first-order chi connectivity index (χ1) is 12.0. The Morgan fingerprint density at radius 3 is 2.72 bits per heavy atom. The summed E-state index contributed by atoms with van der Waals surface area (Å²) in [4.78, 5) is 12.8. The highest BCUT2D eigenvalue weighted by atomic mass is 35.5. The van der Waals surface area contributed by atoms with Crippen molar-refractivity contribution in [3.8, 4) is 11.8 Å². The van der Waals surface area contributed by atoms with Crippen LogP contribution < -0.4 is 10.5 Å². The normalized spacial score (nSPS) is 14.7. The Labute approximate surface area is 150 Å². The van der Waals surface area contributed by atoms with E-state index in [0.717, 1.165) is 12.8 Å². The molecule has 25 heavy (non-hydrogen) atoms. The summed E-state index contributed by atoms with van der Waals surface area (Å²) in [5.74, 6) is -0.764. The van der Waals surface area contributed by atoms with Crippen molar-refractivity contribution in [2.45, 2.75) is 18.9 Å². The molecule has 0 unspecified atom stereocenters. The number of methoxy groups -OCH3 is 1. The molecule has 0 radical (unpaired) electrons. The summed E-state index contributed by atoms with van der Waals surface area (Å²) in [6.07, 6.45) is 1.92. The van der Waals surface area contributed by atoms with Gasteiger partial charge >= 0.3 is 0 Å². The lowest BCUT2D eigenvalue weighted by molar-refractivity contribution is 0.103. The topological polar surface area (TPSA) is 76.1 Å². The number of rotatable bonds is 5. The minimum Gasteiger partial charge on any atom is -0.495 e. The van der Waals surface area contributed by atoms with E-state index in [2.05, 4.69) is 0 Å². The average Bonchev–Trinajstić information content (AvgIpc) is 3.45. The number of nitrogens with two attached hydrogens (primary N) is 1. The van der Waals surface area contributed by atoms with Crippen LogP contribution in [-0.4, -0.2) is 12.9 Å². The average molecular weight is 359 g/mol. The third-order valence-corrected chi connectivity index (χ3v) is 4.74. The molecule has 2 aromatic carbocycles. The van der Waals surface area contributed by atoms with Gasteiger partial charge in [0.15, 0.2) is 5.78 Å². The van der Waals surface area contributed by atoms with Gasteiger partial charge in [-0.05, 0) is 43.0 Å². The van der Waals surface area contributed by atoms with Crippen molar-refractivity contribution in [1.82, 2.24) is 0 Å². The fraction of sp³-hybridized carbons (Fsp3) is 0.263. The van der Waals surface area contributed by atoms with Crippen molar-refractivity contribution in [2.75, 3.05) is 7.11 Å². The quantitative estimate of drug-likeness (QED) is 0.819. The number of nitrogens with zero attached hydrogens (tertiary/aromatic N) is 1. The molecule has 1 aliphatic carbocycles. The molecule has 1 atom stereocenters. The lowest BCUT2D eigenvalue weighted by atomic mass is 9.95. The van der Waals surface area contributed by atoms with Crippen LogP contribution in [0.4, 0.5) is 4.39 Å². The Morgan fingerprint density at radius 1 is 1.40 bits per heavy atom. The summed E-state index contributed by atoms with van der Waals surface area (Å²) >= 11 is 6.09. The van der Waals surface area contributed by atoms with Crippen molar-refractivity contribution < 1.29 is 13.9 Å². The number of ether oxygens (including phenoxy) is 1. The van der Waals surface area contributed by atoms with Crippen molar-refractivity contribution in [2.24, 2.45) is 11.7 Å². The Bertz CT molecular complexity index is 888. The standard InChI is InChI=1S/C19H16ClFN2O2/c1-25-15-8-11(4-5-12(15)9-22)19(24)16-14(20)7-6-13(17(16)21)18(23)10-2-3-10/h4-8,10,18H,2-3,23H2,1H3/t18-/m1/s1. The predicted octanol–water partition coefficient (Wildman–Crippen LogP) is 4.00. The highest BCUT2D eigenvalue weighted by Gasteiger charge is 2.33. The molecule has 2 aromatic rings. The molecule has 1 aliphatic rings. The number of halogens is 2. The first-order valence-electron chi connectivity index (χ1n) is 7.84. The zero-order valence-corrected chi connectivity index (χ0v) is 14.3. The maximum Gasteiger partial charge on any atom is 0.197 e. The van der Waals surface area contributed by atoms with E-state index in [4.69, 9.17) is 27.3 Å². The van der Waals surface area contributed by atoms with Gasteiger partial charge in [0.1, 0.15) is 17.6 Å². The van der Waals surface area contributed by atoms with Gasteiger partial charge in [-0.3, -0.25) is 4.79 Å². The lowest BCUT2D eigenvalue weighted by Crippen LogP contribution is -2.17. The summed E-state index contributed by atoms with van der Waals surface area (Å²) in [7, 11) is 1.40. The van der Waals surface area contributed by atoms with E-state index in [1.807, 2.05) is 6.07 Å². The van der Waals surface area contributed by atoms with Crippen LogP contribution in [0.1, 0.15) is 45.9 Å². The van der Waals surface area contributed by atoms with Crippen LogP contribution in [0, 0.1) is 23.1 Å². The van der Waals surface area contributed by atoms with Crippen LogP contribution in [0.15, 0.2) is 30.3 Å². The second kappa shape index (κ2) is 6.83. The molecule has 0 spiro atoms. The molecule has 0 bridgehead atoms. The van der Waals surface area contributed by atoms with E-state index in [1.165, 1.54) is 37.4 Å². The Kier molecular flexibility index (Phi) is 4.76. The number of hydrogen-bond donors (Lipinski definition) is 1. The molecule has 4 nitrogen and oxygen atoms in total. The van der Waals surface area contributed by atoms with Crippen LogP contribution in [0.3, 0.4) is 0 Å². The Balaban J connectivity index is 2.05. The number of benzene rings is 2. The van der Waals surface area contributed by atoms with E-state index in [-0.39, 0.29) is 33.4 Å². The summed E-state index contributed by atoms with van der Waals surface area (Å²) in [5.41, 5.74) is 6.66. The second-order valence-corrected chi connectivity index (χ2v) is 6.45. The molecular weight excluding hydrogens is 343 g/mol. The van der Waals surface area contributed by atoms with Gasteiger partial charge in [-0.1, -0.05) is 17.7 Å². The van der Waals surface area contributed by atoms with Gasteiger partial charge in [0, 0.05) is 17.2 Å². The van der Waals surface area contributed by atoms with E-state index in [9.17, 15) is 9.18 Å². The maximum atomic E-state index is 15.0. The van der Waals surface area contributed by atoms with Crippen LogP contribution >= 0.6 is 11.6 Å². The zero-order valence-electron chi connectivity index (χ0n) is 13.6. The molecule has 3 rings (SSSR count). The highest BCUT2D eigenvalue weighted by Crippen LogP contribution is 2.41. The first kappa shape index (κ1) is 17.4. The second-order valence-electron chi connectivity index (χ2n) is 6.04. The smallest absolute Gasteiger partial charge is 0.197 e. The molecule has 2 N–H and O–H groups in total. The molecule has 1 fully saturated rings. The van der Waals surface area contributed by atoms with Gasteiger partial charge in [0.2, 0.25) is 0 Å². The Morgan fingerprint density at radius 2 is 2.12 bits per heavy atom. The van der Waals surface area contributed by atoms with Crippen LogP contribution in [0.2, 0.25) is 5.02 Å². The van der Waals surface area contributed by atoms with Crippen LogP contribution in [0.25, 0.3) is 0 Å². The van der Waals surface area contributed by atoms with Crippen molar-refractivity contribution in [3.05, 3.63) is 63.4 Å². The fourth-order valence-corrected chi connectivity index (χ4v) is 3.04. The maximum absolute atomic E-state index is 15.0. The molecule has 6 heteroatoms. The highest BCUT2D eigenvalue weighted by molar-refractivity contribution is 6.35. The molecule has 0 aromatic heterocycles. The molecule has 0 heterocycles. The summed E-state index contributed by atoms with van der Waals surface area (Å²) < 4.78 is 20.1. The minimum atomic E-state index is -0.680. The molecule has 0 amide bonds. The van der Waals surface area contributed by atoms with Gasteiger partial charge in [0.05, 0.1) is 23.3 Å². The number of carbonyl (C=O) groups excluding carboxylic acids is 1. The molecule has 0 aliphatic heterocycles. The van der Waals surface area contributed by atoms with Crippen molar-refractivity contribution in [1.29, 1.82) is 5.26 Å². The van der Waals surface area contributed by atoms with Gasteiger partial charge in [-0.15, -0.1) is 0 Å². The van der Waals surface area contributed by atoms with Gasteiger partial charge in [0.25, 0.3) is 0 Å². The van der Waals surface area contributed by atoms with E-state index < -0.39 is 17.6 Å². The van der Waals surface area contributed by atoms with Crippen molar-refractivity contribution in [3.63, 3.8) is 0 Å².